The highest BCUT2D eigenvalue weighted by atomic mass is 79.9. The second-order valence-electron chi connectivity index (χ2n) is 3.73. The van der Waals surface area contributed by atoms with Crippen molar-refractivity contribution >= 4 is 15.9 Å². The van der Waals surface area contributed by atoms with E-state index in [1.807, 2.05) is 0 Å². The van der Waals surface area contributed by atoms with Crippen LogP contribution in [0.15, 0.2) is 22.7 Å². The molecule has 1 aromatic carbocycles. The van der Waals surface area contributed by atoms with E-state index in [2.05, 4.69) is 28.2 Å². The lowest BCUT2D eigenvalue weighted by atomic mass is 10.1. The van der Waals surface area contributed by atoms with Crippen LogP contribution < -0.4 is 5.32 Å². The van der Waals surface area contributed by atoms with Gasteiger partial charge in [0, 0.05) is 23.7 Å². The quantitative estimate of drug-likeness (QED) is 0.844. The highest BCUT2D eigenvalue weighted by Crippen LogP contribution is 2.18. The van der Waals surface area contributed by atoms with Gasteiger partial charge in [-0.15, -0.1) is 0 Å². The molecule has 1 atom stereocenters. The maximum Gasteiger partial charge on any atom is 0.124 e. The summed E-state index contributed by atoms with van der Waals surface area (Å²) in [5.41, 5.74) is 1.03. The van der Waals surface area contributed by atoms with Crippen LogP contribution in [0.3, 0.4) is 0 Å². The Morgan fingerprint density at radius 1 is 1.50 bits per heavy atom. The standard InChI is InChI=1S/C12H17BrFNO/c1-2-11(5-6-16)15-8-9-3-4-10(14)7-12(9)13/h3-4,7,11,15-16H,2,5-6,8H2,1H3. The minimum absolute atomic E-state index is 0.191. The predicted molar refractivity (Wildman–Crippen MR) is 66.7 cm³/mol. The molecule has 0 saturated heterocycles. The van der Waals surface area contributed by atoms with Crippen molar-refractivity contribution in [3.63, 3.8) is 0 Å². The SMILES string of the molecule is CCC(CCO)NCc1ccc(F)cc1Br. The van der Waals surface area contributed by atoms with E-state index in [1.165, 1.54) is 12.1 Å². The monoisotopic (exact) mass is 289 g/mol. The van der Waals surface area contributed by atoms with Crippen LogP contribution in [0.2, 0.25) is 0 Å². The molecule has 0 bridgehead atoms. The van der Waals surface area contributed by atoms with Crippen molar-refractivity contribution in [2.75, 3.05) is 6.61 Å². The van der Waals surface area contributed by atoms with Crippen molar-refractivity contribution in [3.05, 3.63) is 34.1 Å². The summed E-state index contributed by atoms with van der Waals surface area (Å²) in [5, 5.41) is 12.2. The first-order chi connectivity index (χ1) is 7.67. The molecule has 0 radical (unpaired) electrons. The van der Waals surface area contributed by atoms with Gasteiger partial charge in [-0.2, -0.15) is 0 Å². The first-order valence-corrected chi connectivity index (χ1v) is 6.24. The molecule has 2 nitrogen and oxygen atoms in total. The summed E-state index contributed by atoms with van der Waals surface area (Å²) in [7, 11) is 0. The lowest BCUT2D eigenvalue weighted by molar-refractivity contribution is 0.262. The summed E-state index contributed by atoms with van der Waals surface area (Å²) in [4.78, 5) is 0. The van der Waals surface area contributed by atoms with Crippen LogP contribution in [-0.2, 0) is 6.54 Å². The van der Waals surface area contributed by atoms with Gasteiger partial charge in [-0.3, -0.25) is 0 Å². The summed E-state index contributed by atoms with van der Waals surface area (Å²) in [5.74, 6) is -0.238. The minimum Gasteiger partial charge on any atom is -0.396 e. The Bertz CT molecular complexity index is 333. The van der Waals surface area contributed by atoms with Gasteiger partial charge < -0.3 is 10.4 Å². The number of rotatable bonds is 6. The summed E-state index contributed by atoms with van der Waals surface area (Å²) in [6.45, 7) is 2.95. The van der Waals surface area contributed by atoms with Crippen LogP contribution in [0.25, 0.3) is 0 Å². The average Bonchev–Trinajstić information content (AvgIpc) is 2.26. The highest BCUT2D eigenvalue weighted by molar-refractivity contribution is 9.10. The Balaban J connectivity index is 2.53. The molecule has 4 heteroatoms. The zero-order valence-corrected chi connectivity index (χ0v) is 10.9. The van der Waals surface area contributed by atoms with Gasteiger partial charge in [-0.05, 0) is 30.5 Å². The molecule has 0 aliphatic heterocycles. The predicted octanol–water partition coefficient (Wildman–Crippen LogP) is 2.84. The Morgan fingerprint density at radius 2 is 2.25 bits per heavy atom. The molecular formula is C12H17BrFNO. The van der Waals surface area contributed by atoms with Gasteiger partial charge in [-0.25, -0.2) is 4.39 Å². The number of benzene rings is 1. The molecule has 90 valence electrons. The van der Waals surface area contributed by atoms with Crippen LogP contribution in [0, 0.1) is 5.82 Å². The fourth-order valence-electron chi connectivity index (χ4n) is 1.53. The molecule has 0 spiro atoms. The lowest BCUT2D eigenvalue weighted by Gasteiger charge is -2.16. The molecule has 1 aromatic rings. The molecule has 0 heterocycles. The molecule has 1 rings (SSSR count). The van der Waals surface area contributed by atoms with Gasteiger partial charge in [-0.1, -0.05) is 28.9 Å². The maximum absolute atomic E-state index is 12.8. The summed E-state index contributed by atoms with van der Waals surface area (Å²) in [6.07, 6.45) is 1.72. The van der Waals surface area contributed by atoms with Crippen LogP contribution in [0.4, 0.5) is 4.39 Å². The maximum atomic E-state index is 12.8. The number of nitrogens with one attached hydrogen (secondary N) is 1. The van der Waals surface area contributed by atoms with Crippen LogP contribution in [0.1, 0.15) is 25.3 Å². The first-order valence-electron chi connectivity index (χ1n) is 5.45. The van der Waals surface area contributed by atoms with Gasteiger partial charge >= 0.3 is 0 Å². The number of hydrogen-bond donors (Lipinski definition) is 2. The fourth-order valence-corrected chi connectivity index (χ4v) is 2.02. The topological polar surface area (TPSA) is 32.3 Å². The Labute approximate surface area is 104 Å². The normalized spacial score (nSPS) is 12.8. The molecule has 0 amide bonds. The van der Waals surface area contributed by atoms with E-state index in [9.17, 15) is 4.39 Å². The first kappa shape index (κ1) is 13.6. The van der Waals surface area contributed by atoms with Crippen LogP contribution >= 0.6 is 15.9 Å². The number of aliphatic hydroxyl groups is 1. The van der Waals surface area contributed by atoms with E-state index < -0.39 is 0 Å². The third kappa shape index (κ3) is 4.20. The van der Waals surface area contributed by atoms with Crippen LogP contribution in [0.5, 0.6) is 0 Å². The third-order valence-electron chi connectivity index (χ3n) is 2.57. The van der Waals surface area contributed by atoms with Gasteiger partial charge in [0.1, 0.15) is 5.82 Å². The number of aliphatic hydroxyl groups excluding tert-OH is 1. The smallest absolute Gasteiger partial charge is 0.124 e. The van der Waals surface area contributed by atoms with E-state index in [-0.39, 0.29) is 12.4 Å². The van der Waals surface area contributed by atoms with Crippen molar-refractivity contribution in [3.8, 4) is 0 Å². The van der Waals surface area contributed by atoms with Crippen molar-refractivity contribution in [2.24, 2.45) is 0 Å². The molecule has 0 saturated carbocycles. The summed E-state index contributed by atoms with van der Waals surface area (Å²) < 4.78 is 13.6. The average molecular weight is 290 g/mol. The van der Waals surface area contributed by atoms with Crippen molar-refractivity contribution in [2.45, 2.75) is 32.4 Å². The van der Waals surface area contributed by atoms with E-state index in [4.69, 9.17) is 5.11 Å². The van der Waals surface area contributed by atoms with Gasteiger partial charge in [0.05, 0.1) is 0 Å². The zero-order chi connectivity index (χ0) is 12.0. The van der Waals surface area contributed by atoms with Crippen molar-refractivity contribution in [1.29, 1.82) is 0 Å². The molecule has 0 aliphatic carbocycles. The zero-order valence-electron chi connectivity index (χ0n) is 9.34. The number of halogens is 2. The summed E-state index contributed by atoms with van der Waals surface area (Å²) >= 11 is 3.33. The molecular weight excluding hydrogens is 273 g/mol. The van der Waals surface area contributed by atoms with E-state index in [0.717, 1.165) is 22.9 Å². The van der Waals surface area contributed by atoms with Gasteiger partial charge in [0.25, 0.3) is 0 Å². The van der Waals surface area contributed by atoms with Crippen molar-refractivity contribution in [1.82, 2.24) is 5.32 Å². The van der Waals surface area contributed by atoms with Gasteiger partial charge in [0.2, 0.25) is 0 Å². The van der Waals surface area contributed by atoms with Crippen molar-refractivity contribution < 1.29 is 9.50 Å². The largest absolute Gasteiger partial charge is 0.396 e. The van der Waals surface area contributed by atoms with E-state index in [0.29, 0.717) is 12.6 Å². The number of hydrogen-bond acceptors (Lipinski definition) is 2. The van der Waals surface area contributed by atoms with E-state index >= 15 is 0 Å². The van der Waals surface area contributed by atoms with E-state index in [1.54, 1.807) is 6.07 Å². The molecule has 0 aliphatic rings. The molecule has 0 fully saturated rings. The van der Waals surface area contributed by atoms with Gasteiger partial charge in [0.15, 0.2) is 0 Å². The summed E-state index contributed by atoms with van der Waals surface area (Å²) in [6, 6.07) is 4.98. The highest BCUT2D eigenvalue weighted by Gasteiger charge is 2.06. The fraction of sp³-hybridized carbons (Fsp3) is 0.500. The molecule has 0 aromatic heterocycles. The minimum atomic E-state index is -0.238. The second kappa shape index (κ2) is 6.99. The Hall–Kier alpha value is -0.450. The van der Waals surface area contributed by atoms with Crippen LogP contribution in [-0.4, -0.2) is 17.8 Å². The molecule has 1 unspecified atom stereocenters. The molecule has 16 heavy (non-hydrogen) atoms. The Morgan fingerprint density at radius 3 is 2.81 bits per heavy atom. The Kier molecular flexibility index (Phi) is 5.95. The molecule has 2 N–H and O–H groups in total. The second-order valence-corrected chi connectivity index (χ2v) is 4.59. The third-order valence-corrected chi connectivity index (χ3v) is 3.30. The lowest BCUT2D eigenvalue weighted by Crippen LogP contribution is -2.28.